The number of H-pyrrole nitrogens is 1. The molecule has 1 aliphatic heterocycles. The molecular formula is C18H25N4O+. The van der Waals surface area contributed by atoms with Crippen LogP contribution in [0.2, 0.25) is 0 Å². The summed E-state index contributed by atoms with van der Waals surface area (Å²) < 4.78 is 0. The number of aromatic amines is 1. The van der Waals surface area contributed by atoms with Crippen molar-refractivity contribution < 1.29 is 4.90 Å². The van der Waals surface area contributed by atoms with Gasteiger partial charge in [-0.05, 0) is 6.42 Å². The highest BCUT2D eigenvalue weighted by Crippen LogP contribution is 2.08. The normalized spacial score (nSPS) is 21.1. The summed E-state index contributed by atoms with van der Waals surface area (Å²) in [6, 6.07) is 12.6. The molecular weight excluding hydrogens is 288 g/mol. The van der Waals surface area contributed by atoms with E-state index in [1.165, 1.54) is 5.56 Å². The molecule has 0 aliphatic carbocycles. The van der Waals surface area contributed by atoms with Gasteiger partial charge in [0.2, 0.25) is 5.95 Å². The lowest BCUT2D eigenvalue weighted by atomic mass is 10.0. The summed E-state index contributed by atoms with van der Waals surface area (Å²) in [4.78, 5) is 20.5. The van der Waals surface area contributed by atoms with Crippen LogP contribution in [-0.4, -0.2) is 29.1 Å². The Labute approximate surface area is 136 Å². The van der Waals surface area contributed by atoms with Gasteiger partial charge in [-0.2, -0.15) is 0 Å². The van der Waals surface area contributed by atoms with Gasteiger partial charge in [0.1, 0.15) is 6.54 Å². The van der Waals surface area contributed by atoms with Gasteiger partial charge in [-0.3, -0.25) is 9.78 Å². The van der Waals surface area contributed by atoms with E-state index in [1.807, 2.05) is 6.92 Å². The van der Waals surface area contributed by atoms with Crippen LogP contribution in [0, 0.1) is 0 Å². The lowest BCUT2D eigenvalue weighted by Gasteiger charge is -2.30. The van der Waals surface area contributed by atoms with Crippen LogP contribution in [0.5, 0.6) is 0 Å². The van der Waals surface area contributed by atoms with Gasteiger partial charge < -0.3 is 10.2 Å². The molecule has 0 unspecified atom stereocenters. The van der Waals surface area contributed by atoms with Gasteiger partial charge in [0.25, 0.3) is 5.56 Å². The maximum Gasteiger partial charge on any atom is 0.252 e. The molecule has 0 saturated carbocycles. The number of anilines is 1. The first-order valence-corrected chi connectivity index (χ1v) is 8.47. The van der Waals surface area contributed by atoms with Gasteiger partial charge >= 0.3 is 0 Å². The molecule has 0 bridgehead atoms. The number of hydrogen-bond acceptors (Lipinski definition) is 3. The number of rotatable bonds is 5. The minimum absolute atomic E-state index is 0.0773. The van der Waals surface area contributed by atoms with Gasteiger partial charge in [0.05, 0.1) is 13.1 Å². The highest BCUT2D eigenvalue weighted by Gasteiger charge is 2.22. The third-order valence-corrected chi connectivity index (χ3v) is 4.49. The first-order valence-electron chi connectivity index (χ1n) is 8.47. The van der Waals surface area contributed by atoms with Crippen molar-refractivity contribution in [2.24, 2.45) is 0 Å². The molecule has 0 spiro atoms. The second-order valence-electron chi connectivity index (χ2n) is 6.27. The van der Waals surface area contributed by atoms with Crippen LogP contribution < -0.4 is 15.8 Å². The summed E-state index contributed by atoms with van der Waals surface area (Å²) in [6.07, 6.45) is 2.97. The molecule has 23 heavy (non-hydrogen) atoms. The molecule has 2 heterocycles. The maximum absolute atomic E-state index is 11.6. The van der Waals surface area contributed by atoms with Crippen molar-refractivity contribution in [2.75, 3.05) is 18.4 Å². The predicted molar refractivity (Wildman–Crippen MR) is 91.7 cm³/mol. The summed E-state index contributed by atoms with van der Waals surface area (Å²) in [7, 11) is 0. The van der Waals surface area contributed by atoms with Crippen molar-refractivity contribution in [3.05, 3.63) is 58.0 Å². The fraction of sp³-hybridized carbons (Fsp3) is 0.444. The Balaban J connectivity index is 1.53. The topological polar surface area (TPSA) is 62.2 Å². The first-order chi connectivity index (χ1) is 11.2. The van der Waals surface area contributed by atoms with Gasteiger partial charge in [0, 0.05) is 36.2 Å². The van der Waals surface area contributed by atoms with Crippen LogP contribution in [0.1, 0.15) is 31.0 Å². The number of quaternary nitrogens is 1. The molecule has 5 nitrogen and oxygen atoms in total. The Morgan fingerprint density at radius 3 is 2.70 bits per heavy atom. The Morgan fingerprint density at radius 2 is 2.00 bits per heavy atom. The Kier molecular flexibility index (Phi) is 5.08. The molecule has 0 amide bonds. The Morgan fingerprint density at radius 1 is 1.26 bits per heavy atom. The second kappa shape index (κ2) is 7.42. The zero-order valence-electron chi connectivity index (χ0n) is 13.6. The summed E-state index contributed by atoms with van der Waals surface area (Å²) in [5.74, 6) is 0.617. The van der Waals surface area contributed by atoms with Gasteiger partial charge in [0.15, 0.2) is 0 Å². The summed E-state index contributed by atoms with van der Waals surface area (Å²) in [5.41, 5.74) is 2.16. The van der Waals surface area contributed by atoms with E-state index in [0.29, 0.717) is 12.0 Å². The number of nitrogens with one attached hydrogen (secondary N) is 3. The zero-order valence-corrected chi connectivity index (χ0v) is 13.6. The fourth-order valence-corrected chi connectivity index (χ4v) is 3.18. The predicted octanol–water partition coefficient (Wildman–Crippen LogP) is 0.992. The van der Waals surface area contributed by atoms with E-state index < -0.39 is 0 Å². The summed E-state index contributed by atoms with van der Waals surface area (Å²) >= 11 is 0. The monoisotopic (exact) mass is 313 g/mol. The third kappa shape index (κ3) is 4.42. The molecule has 1 aromatic heterocycles. The molecule has 0 radical (unpaired) electrons. The number of benzene rings is 1. The van der Waals surface area contributed by atoms with Crippen molar-refractivity contribution in [3.8, 4) is 0 Å². The summed E-state index contributed by atoms with van der Waals surface area (Å²) in [5, 5.41) is 3.40. The molecule has 2 aromatic rings. The van der Waals surface area contributed by atoms with E-state index >= 15 is 0 Å². The van der Waals surface area contributed by atoms with Crippen molar-refractivity contribution in [2.45, 2.75) is 38.8 Å². The molecule has 3 N–H and O–H groups in total. The maximum atomic E-state index is 11.6. The average Bonchev–Trinajstić information content (AvgIpc) is 2.57. The quantitative estimate of drug-likeness (QED) is 0.771. The molecule has 1 aliphatic rings. The highest BCUT2D eigenvalue weighted by atomic mass is 16.1. The van der Waals surface area contributed by atoms with Crippen LogP contribution in [0.3, 0.4) is 0 Å². The number of nitrogens with zero attached hydrogens (tertiary/aromatic N) is 1. The molecule has 0 atom stereocenters. The van der Waals surface area contributed by atoms with E-state index in [0.717, 1.165) is 44.6 Å². The van der Waals surface area contributed by atoms with Crippen molar-refractivity contribution >= 4 is 5.95 Å². The largest absolute Gasteiger partial charge is 0.353 e. The standard InChI is InChI=1S/C18H24N4O/c1-2-15-12-17(23)21-18(19-15)20-16-8-10-22(11-9-16)13-14-6-4-3-5-7-14/h3-7,12,16H,2,8-11,13H2,1H3,(H2,19,20,21,23)/p+1. The van der Waals surface area contributed by atoms with Gasteiger partial charge in [-0.15, -0.1) is 0 Å². The SMILES string of the molecule is CCc1cc(=O)[nH]c(NC2CC[NH+](Cc3ccccc3)CC2)n1. The van der Waals surface area contributed by atoms with Gasteiger partial charge in [-0.25, -0.2) is 4.98 Å². The smallest absolute Gasteiger partial charge is 0.252 e. The fourth-order valence-electron chi connectivity index (χ4n) is 3.18. The van der Waals surface area contributed by atoms with Crippen molar-refractivity contribution in [1.29, 1.82) is 0 Å². The van der Waals surface area contributed by atoms with E-state index in [4.69, 9.17) is 0 Å². The Hall–Kier alpha value is -2.14. The van der Waals surface area contributed by atoms with Crippen LogP contribution in [0.25, 0.3) is 0 Å². The van der Waals surface area contributed by atoms with E-state index in [2.05, 4.69) is 45.6 Å². The molecule has 1 saturated heterocycles. The van der Waals surface area contributed by atoms with E-state index in [1.54, 1.807) is 11.0 Å². The average molecular weight is 313 g/mol. The van der Waals surface area contributed by atoms with Crippen molar-refractivity contribution in [1.82, 2.24) is 9.97 Å². The van der Waals surface area contributed by atoms with Crippen LogP contribution in [-0.2, 0) is 13.0 Å². The molecule has 3 rings (SSSR count). The zero-order chi connectivity index (χ0) is 16.1. The molecule has 5 heteroatoms. The van der Waals surface area contributed by atoms with Crippen LogP contribution >= 0.6 is 0 Å². The van der Waals surface area contributed by atoms with E-state index in [9.17, 15) is 4.79 Å². The van der Waals surface area contributed by atoms with Crippen LogP contribution in [0.4, 0.5) is 5.95 Å². The highest BCUT2D eigenvalue weighted by molar-refractivity contribution is 5.27. The number of aryl methyl sites for hydroxylation is 1. The molecule has 1 fully saturated rings. The molecule has 122 valence electrons. The third-order valence-electron chi connectivity index (χ3n) is 4.49. The number of piperidine rings is 1. The lowest BCUT2D eigenvalue weighted by molar-refractivity contribution is -0.918. The molecule has 1 aromatic carbocycles. The van der Waals surface area contributed by atoms with Crippen molar-refractivity contribution in [3.63, 3.8) is 0 Å². The first kappa shape index (κ1) is 15.7. The minimum Gasteiger partial charge on any atom is -0.353 e. The number of aromatic nitrogens is 2. The van der Waals surface area contributed by atoms with Crippen LogP contribution in [0.15, 0.2) is 41.2 Å². The second-order valence-corrected chi connectivity index (χ2v) is 6.27. The minimum atomic E-state index is -0.0773. The van der Waals surface area contributed by atoms with Gasteiger partial charge in [-0.1, -0.05) is 37.3 Å². The van der Waals surface area contributed by atoms with E-state index in [-0.39, 0.29) is 5.56 Å². The Bertz CT molecular complexity index is 675. The lowest BCUT2D eigenvalue weighted by Crippen LogP contribution is -3.12. The summed E-state index contributed by atoms with van der Waals surface area (Å²) in [6.45, 7) is 5.39. The number of hydrogen-bond donors (Lipinski definition) is 3. The number of likely N-dealkylation sites (tertiary alicyclic amines) is 1.